The van der Waals surface area contributed by atoms with E-state index in [9.17, 15) is 22.8 Å². The fraction of sp³-hybridized carbons (Fsp3) is 0.500. The highest BCUT2D eigenvalue weighted by molar-refractivity contribution is 5.94. The van der Waals surface area contributed by atoms with Crippen molar-refractivity contribution >= 4 is 11.8 Å². The first-order valence-electron chi connectivity index (χ1n) is 7.65. The molecule has 132 valence electrons. The lowest BCUT2D eigenvalue weighted by Gasteiger charge is -2.38. The van der Waals surface area contributed by atoms with Crippen LogP contribution >= 0.6 is 0 Å². The summed E-state index contributed by atoms with van der Waals surface area (Å²) in [6.45, 7) is 3.79. The molecule has 2 rings (SSSR count). The third-order valence-corrected chi connectivity index (χ3v) is 3.82. The molecule has 0 radical (unpaired) electrons. The first kappa shape index (κ1) is 18.1. The average molecular weight is 344 g/mol. The van der Waals surface area contributed by atoms with Crippen LogP contribution in [0, 0.1) is 0 Å². The number of hydrogen-bond donors (Lipinski definition) is 0. The van der Waals surface area contributed by atoms with Gasteiger partial charge in [0, 0.05) is 12.1 Å². The zero-order chi connectivity index (χ0) is 17.9. The molecule has 0 aromatic heterocycles. The molecule has 1 aromatic rings. The Hall–Kier alpha value is -2.25. The second kappa shape index (κ2) is 7.11. The van der Waals surface area contributed by atoms with Gasteiger partial charge in [-0.15, -0.1) is 13.2 Å². The third kappa shape index (κ3) is 4.18. The Kier molecular flexibility index (Phi) is 5.36. The van der Waals surface area contributed by atoms with Crippen LogP contribution < -0.4 is 4.74 Å². The van der Waals surface area contributed by atoms with Gasteiger partial charge in [0.05, 0.1) is 13.1 Å². The quantitative estimate of drug-likeness (QED) is 0.825. The zero-order valence-corrected chi connectivity index (χ0v) is 13.5. The van der Waals surface area contributed by atoms with Crippen molar-refractivity contribution < 1.29 is 27.5 Å². The van der Waals surface area contributed by atoms with Gasteiger partial charge in [0.2, 0.25) is 11.8 Å². The van der Waals surface area contributed by atoms with E-state index in [2.05, 4.69) is 4.74 Å². The molecular formula is C16H19F3N2O3. The largest absolute Gasteiger partial charge is 0.573 e. The number of benzene rings is 1. The zero-order valence-electron chi connectivity index (χ0n) is 13.5. The van der Waals surface area contributed by atoms with E-state index in [4.69, 9.17) is 0 Å². The molecule has 0 aliphatic carbocycles. The van der Waals surface area contributed by atoms with E-state index in [0.717, 1.165) is 6.42 Å². The fourth-order valence-electron chi connectivity index (χ4n) is 2.67. The van der Waals surface area contributed by atoms with Crippen molar-refractivity contribution in [2.45, 2.75) is 39.2 Å². The minimum absolute atomic E-state index is 0.0562. The van der Waals surface area contributed by atoms with Crippen molar-refractivity contribution in [1.29, 1.82) is 0 Å². The van der Waals surface area contributed by atoms with Crippen LogP contribution in [0.15, 0.2) is 24.3 Å². The molecule has 0 bridgehead atoms. The summed E-state index contributed by atoms with van der Waals surface area (Å²) < 4.78 is 41.5. The SMILES string of the molecule is CCCN1CC(=O)N(Cc2ccccc2OC(F)(F)F)[C@@H](C)C1=O. The molecule has 8 heteroatoms. The predicted octanol–water partition coefficient (Wildman–Crippen LogP) is 2.55. The Bertz CT molecular complexity index is 619. The number of nitrogens with zero attached hydrogens (tertiary/aromatic N) is 2. The van der Waals surface area contributed by atoms with Crippen LogP contribution in [0.3, 0.4) is 0 Å². The summed E-state index contributed by atoms with van der Waals surface area (Å²) in [5.41, 5.74) is 0.201. The predicted molar refractivity (Wildman–Crippen MR) is 80.0 cm³/mol. The molecule has 0 unspecified atom stereocenters. The highest BCUT2D eigenvalue weighted by Crippen LogP contribution is 2.28. The van der Waals surface area contributed by atoms with Gasteiger partial charge >= 0.3 is 6.36 Å². The standard InChI is InChI=1S/C16H19F3N2O3/c1-3-8-20-10-14(22)21(11(2)15(20)23)9-12-6-4-5-7-13(12)24-16(17,18)19/h4-7,11H,3,8-10H2,1-2H3/t11-/m0/s1. The molecule has 5 nitrogen and oxygen atoms in total. The van der Waals surface area contributed by atoms with Gasteiger partial charge in [-0.1, -0.05) is 25.1 Å². The van der Waals surface area contributed by atoms with Crippen molar-refractivity contribution in [1.82, 2.24) is 9.80 Å². The number of hydrogen-bond acceptors (Lipinski definition) is 3. The summed E-state index contributed by atoms with van der Waals surface area (Å²) in [4.78, 5) is 27.4. The van der Waals surface area contributed by atoms with E-state index in [1.165, 1.54) is 28.0 Å². The maximum Gasteiger partial charge on any atom is 0.573 e. The molecule has 1 saturated heterocycles. The molecule has 0 spiro atoms. The second-order valence-corrected chi connectivity index (χ2v) is 5.61. The van der Waals surface area contributed by atoms with E-state index in [-0.39, 0.29) is 36.2 Å². The molecule has 0 saturated carbocycles. The number of alkyl halides is 3. The number of ether oxygens (including phenoxy) is 1. The van der Waals surface area contributed by atoms with Gasteiger partial charge in [-0.3, -0.25) is 9.59 Å². The van der Waals surface area contributed by atoms with Crippen molar-refractivity contribution in [3.63, 3.8) is 0 Å². The van der Waals surface area contributed by atoms with Crippen molar-refractivity contribution in [3.05, 3.63) is 29.8 Å². The number of carbonyl (C=O) groups excluding carboxylic acids is 2. The van der Waals surface area contributed by atoms with Crippen molar-refractivity contribution in [2.75, 3.05) is 13.1 Å². The average Bonchev–Trinajstić information content (AvgIpc) is 2.49. The van der Waals surface area contributed by atoms with Crippen molar-refractivity contribution in [2.24, 2.45) is 0 Å². The minimum atomic E-state index is -4.82. The summed E-state index contributed by atoms with van der Waals surface area (Å²) in [5, 5.41) is 0. The summed E-state index contributed by atoms with van der Waals surface area (Å²) >= 11 is 0. The molecule has 1 heterocycles. The molecule has 2 amide bonds. The topological polar surface area (TPSA) is 49.9 Å². The second-order valence-electron chi connectivity index (χ2n) is 5.61. The number of halogens is 3. The Morgan fingerprint density at radius 3 is 2.54 bits per heavy atom. The number of rotatable bonds is 5. The van der Waals surface area contributed by atoms with Crippen LogP contribution in [0.1, 0.15) is 25.8 Å². The van der Waals surface area contributed by atoms with E-state index in [1.807, 2.05) is 6.92 Å². The van der Waals surface area contributed by atoms with Crippen LogP contribution in [0.5, 0.6) is 5.75 Å². The van der Waals surface area contributed by atoms with Crippen LogP contribution in [0.2, 0.25) is 0 Å². The van der Waals surface area contributed by atoms with E-state index in [1.54, 1.807) is 13.0 Å². The van der Waals surface area contributed by atoms with Crippen LogP contribution in [0.25, 0.3) is 0 Å². The first-order chi connectivity index (χ1) is 11.2. The van der Waals surface area contributed by atoms with Gasteiger partial charge in [-0.05, 0) is 19.4 Å². The first-order valence-corrected chi connectivity index (χ1v) is 7.65. The molecule has 24 heavy (non-hydrogen) atoms. The monoisotopic (exact) mass is 344 g/mol. The smallest absolute Gasteiger partial charge is 0.405 e. The third-order valence-electron chi connectivity index (χ3n) is 3.82. The number of carbonyl (C=O) groups is 2. The molecule has 1 aromatic carbocycles. The number of amides is 2. The molecule has 1 atom stereocenters. The molecule has 0 N–H and O–H groups in total. The molecule has 1 aliphatic rings. The van der Waals surface area contributed by atoms with Gasteiger partial charge < -0.3 is 14.5 Å². The Morgan fingerprint density at radius 1 is 1.25 bits per heavy atom. The van der Waals surface area contributed by atoms with E-state index >= 15 is 0 Å². The number of piperazine rings is 1. The maximum absolute atomic E-state index is 12.5. The Morgan fingerprint density at radius 2 is 1.92 bits per heavy atom. The summed E-state index contributed by atoms with van der Waals surface area (Å²) in [7, 11) is 0. The van der Waals surface area contributed by atoms with Gasteiger partial charge in [-0.2, -0.15) is 0 Å². The number of para-hydroxylation sites is 1. The normalized spacial score (nSPS) is 19.0. The Labute approximate surface area is 138 Å². The van der Waals surface area contributed by atoms with Gasteiger partial charge in [0.15, 0.2) is 0 Å². The molecule has 1 aliphatic heterocycles. The highest BCUT2D eigenvalue weighted by Gasteiger charge is 2.37. The Balaban J connectivity index is 2.19. The van der Waals surface area contributed by atoms with Gasteiger partial charge in [0.25, 0.3) is 0 Å². The lowest BCUT2D eigenvalue weighted by atomic mass is 10.1. The highest BCUT2D eigenvalue weighted by atomic mass is 19.4. The van der Waals surface area contributed by atoms with Gasteiger partial charge in [0.1, 0.15) is 11.8 Å². The summed E-state index contributed by atoms with van der Waals surface area (Å²) in [6, 6.07) is 4.89. The minimum Gasteiger partial charge on any atom is -0.405 e. The fourth-order valence-corrected chi connectivity index (χ4v) is 2.67. The lowest BCUT2D eigenvalue weighted by Crippen LogP contribution is -2.58. The van der Waals surface area contributed by atoms with Gasteiger partial charge in [-0.25, -0.2) is 0 Å². The van der Waals surface area contributed by atoms with Crippen LogP contribution in [-0.4, -0.2) is 47.1 Å². The van der Waals surface area contributed by atoms with Crippen LogP contribution in [-0.2, 0) is 16.1 Å². The van der Waals surface area contributed by atoms with Crippen LogP contribution in [0.4, 0.5) is 13.2 Å². The summed E-state index contributed by atoms with van der Waals surface area (Å²) in [6.07, 6.45) is -4.09. The van der Waals surface area contributed by atoms with Crippen molar-refractivity contribution in [3.8, 4) is 5.75 Å². The molecule has 1 fully saturated rings. The summed E-state index contributed by atoms with van der Waals surface area (Å²) in [5.74, 6) is -0.864. The van der Waals surface area contributed by atoms with E-state index < -0.39 is 12.4 Å². The maximum atomic E-state index is 12.5. The lowest BCUT2D eigenvalue weighted by molar-refractivity contribution is -0.275. The molecular weight excluding hydrogens is 325 g/mol. The van der Waals surface area contributed by atoms with E-state index in [0.29, 0.717) is 6.54 Å².